The number of nitrogens with one attached hydrogen (secondary N) is 1. The van der Waals surface area contributed by atoms with Crippen LogP contribution in [0.3, 0.4) is 0 Å². The molecule has 1 N–H and O–H groups in total. The van der Waals surface area contributed by atoms with Crippen molar-refractivity contribution in [3.8, 4) is 0 Å². The molecule has 178 valence electrons. The molecule has 3 heterocycles. The number of aromatic nitrogens is 3. The highest BCUT2D eigenvalue weighted by Gasteiger charge is 2.24. The van der Waals surface area contributed by atoms with E-state index in [9.17, 15) is 4.79 Å². The summed E-state index contributed by atoms with van der Waals surface area (Å²) in [5.74, 6) is 0.759. The lowest BCUT2D eigenvalue weighted by molar-refractivity contribution is 0.0737. The summed E-state index contributed by atoms with van der Waals surface area (Å²) in [5.41, 5.74) is 4.44. The van der Waals surface area contributed by atoms with Gasteiger partial charge in [0.25, 0.3) is 5.91 Å². The van der Waals surface area contributed by atoms with Crippen molar-refractivity contribution in [1.82, 2.24) is 19.9 Å². The van der Waals surface area contributed by atoms with Gasteiger partial charge in [0.15, 0.2) is 0 Å². The maximum atomic E-state index is 13.4. The fourth-order valence-corrected chi connectivity index (χ4v) is 4.61. The summed E-state index contributed by atoms with van der Waals surface area (Å²) in [6.45, 7) is 6.29. The number of hydrogen-bond donors (Lipinski definition) is 1. The zero-order valence-electron chi connectivity index (χ0n) is 20.1. The molecule has 1 saturated heterocycles. The van der Waals surface area contributed by atoms with Gasteiger partial charge in [0.2, 0.25) is 5.95 Å². The first-order valence-electron chi connectivity index (χ1n) is 11.9. The predicted octanol–water partition coefficient (Wildman–Crippen LogP) is 4.72. The summed E-state index contributed by atoms with van der Waals surface area (Å²) in [7, 11) is 0. The molecule has 1 aliphatic rings. The Labute approximate surface area is 205 Å². The molecule has 0 aliphatic carbocycles. The van der Waals surface area contributed by atoms with Crippen molar-refractivity contribution < 1.29 is 9.53 Å². The molecule has 1 aliphatic heterocycles. The highest BCUT2D eigenvalue weighted by atomic mass is 16.5. The number of carbonyl (C=O) groups is 1. The maximum Gasteiger partial charge on any atom is 0.254 e. The molecule has 2 aromatic heterocycles. The van der Waals surface area contributed by atoms with E-state index < -0.39 is 0 Å². The minimum absolute atomic E-state index is 0.00760. The Morgan fingerprint density at radius 3 is 2.77 bits per heavy atom. The van der Waals surface area contributed by atoms with E-state index in [1.165, 1.54) is 10.9 Å². The number of aryl methyl sites for hydroxylation is 2. The highest BCUT2D eigenvalue weighted by Crippen LogP contribution is 2.21. The summed E-state index contributed by atoms with van der Waals surface area (Å²) in [6, 6.07) is 17.9. The van der Waals surface area contributed by atoms with Gasteiger partial charge in [-0.05, 0) is 67.6 Å². The topological polar surface area (TPSA) is 80.2 Å². The SMILES string of the molecule is Cc1cc(C)nc(Nc2cccc(C(=O)N3CCOC[C@H](Cc4ccc5ccncc5c4)C3)c2)n1. The van der Waals surface area contributed by atoms with E-state index in [0.717, 1.165) is 28.9 Å². The van der Waals surface area contributed by atoms with E-state index >= 15 is 0 Å². The molecule has 0 saturated carbocycles. The second-order valence-electron chi connectivity index (χ2n) is 9.13. The Morgan fingerprint density at radius 1 is 1.06 bits per heavy atom. The Bertz CT molecular complexity index is 1340. The minimum Gasteiger partial charge on any atom is -0.379 e. The van der Waals surface area contributed by atoms with Crippen LogP contribution in [0.2, 0.25) is 0 Å². The van der Waals surface area contributed by atoms with E-state index in [1.54, 1.807) is 0 Å². The number of pyridine rings is 1. The monoisotopic (exact) mass is 467 g/mol. The Hall–Kier alpha value is -3.84. The van der Waals surface area contributed by atoms with Gasteiger partial charge in [0.1, 0.15) is 0 Å². The molecule has 1 fully saturated rings. The minimum atomic E-state index is 0.00760. The van der Waals surface area contributed by atoms with Crippen molar-refractivity contribution in [3.05, 3.63) is 89.5 Å². The van der Waals surface area contributed by atoms with Crippen LogP contribution < -0.4 is 5.32 Å². The van der Waals surface area contributed by atoms with Crippen LogP contribution in [-0.4, -0.2) is 52.1 Å². The molecule has 0 radical (unpaired) electrons. The van der Waals surface area contributed by atoms with Gasteiger partial charge in [0, 0.05) is 59.4 Å². The van der Waals surface area contributed by atoms with Gasteiger partial charge in [0.05, 0.1) is 13.2 Å². The lowest BCUT2D eigenvalue weighted by atomic mass is 9.97. The third-order valence-electron chi connectivity index (χ3n) is 6.20. The van der Waals surface area contributed by atoms with Crippen LogP contribution >= 0.6 is 0 Å². The Morgan fingerprint density at radius 2 is 1.91 bits per heavy atom. The van der Waals surface area contributed by atoms with Crippen molar-refractivity contribution in [1.29, 1.82) is 0 Å². The van der Waals surface area contributed by atoms with Crippen molar-refractivity contribution in [3.63, 3.8) is 0 Å². The van der Waals surface area contributed by atoms with E-state index in [-0.39, 0.29) is 11.8 Å². The normalized spacial score (nSPS) is 16.2. The van der Waals surface area contributed by atoms with Gasteiger partial charge < -0.3 is 15.0 Å². The standard InChI is InChI=1S/C28H29N5O2/c1-19-12-20(2)31-28(30-19)32-26-5-3-4-24(15-26)27(34)33-10-11-35-18-22(17-33)13-21-6-7-23-8-9-29-16-25(23)14-21/h3-9,12,14-16,22H,10-11,13,17-18H2,1-2H3,(H,30,31,32)/t22-/m1/s1. The van der Waals surface area contributed by atoms with E-state index in [2.05, 4.69) is 38.5 Å². The number of fused-ring (bicyclic) bond motifs is 1. The fourth-order valence-electron chi connectivity index (χ4n) is 4.61. The number of benzene rings is 2. The van der Waals surface area contributed by atoms with E-state index in [0.29, 0.717) is 37.8 Å². The second-order valence-corrected chi connectivity index (χ2v) is 9.13. The molecule has 0 unspecified atom stereocenters. The van der Waals surface area contributed by atoms with Crippen LogP contribution in [0.1, 0.15) is 27.3 Å². The van der Waals surface area contributed by atoms with Crippen LogP contribution in [-0.2, 0) is 11.2 Å². The summed E-state index contributed by atoms with van der Waals surface area (Å²) in [4.78, 5) is 28.5. The summed E-state index contributed by atoms with van der Waals surface area (Å²) in [5, 5.41) is 5.54. The third-order valence-corrected chi connectivity index (χ3v) is 6.20. The quantitative estimate of drug-likeness (QED) is 0.458. The molecule has 0 spiro atoms. The molecule has 5 rings (SSSR count). The summed E-state index contributed by atoms with van der Waals surface area (Å²) in [6.07, 6.45) is 4.55. The molecule has 2 aromatic carbocycles. The van der Waals surface area contributed by atoms with Crippen molar-refractivity contribution in [2.45, 2.75) is 20.3 Å². The van der Waals surface area contributed by atoms with Gasteiger partial charge in [-0.3, -0.25) is 9.78 Å². The summed E-state index contributed by atoms with van der Waals surface area (Å²) >= 11 is 0. The molecule has 7 nitrogen and oxygen atoms in total. The van der Waals surface area contributed by atoms with Crippen LogP contribution in [0.25, 0.3) is 10.8 Å². The van der Waals surface area contributed by atoms with Crippen molar-refractivity contribution in [2.75, 3.05) is 31.6 Å². The largest absolute Gasteiger partial charge is 0.379 e. The Balaban J connectivity index is 1.29. The maximum absolute atomic E-state index is 13.4. The smallest absolute Gasteiger partial charge is 0.254 e. The molecule has 7 heteroatoms. The van der Waals surface area contributed by atoms with Crippen LogP contribution in [0.5, 0.6) is 0 Å². The predicted molar refractivity (Wildman–Crippen MR) is 137 cm³/mol. The van der Waals surface area contributed by atoms with Crippen LogP contribution in [0.4, 0.5) is 11.6 Å². The van der Waals surface area contributed by atoms with Gasteiger partial charge >= 0.3 is 0 Å². The van der Waals surface area contributed by atoms with Gasteiger partial charge in [-0.15, -0.1) is 0 Å². The number of ether oxygens (including phenoxy) is 1. The molecule has 1 amide bonds. The number of carbonyl (C=O) groups excluding carboxylic acids is 1. The number of nitrogens with zero attached hydrogens (tertiary/aromatic N) is 4. The van der Waals surface area contributed by atoms with Crippen LogP contribution in [0.15, 0.2) is 67.0 Å². The average molecular weight is 468 g/mol. The molecule has 1 atom stereocenters. The average Bonchev–Trinajstić information content (AvgIpc) is 3.08. The number of amides is 1. The third kappa shape index (κ3) is 5.63. The highest BCUT2D eigenvalue weighted by molar-refractivity contribution is 5.95. The van der Waals surface area contributed by atoms with Crippen molar-refractivity contribution in [2.24, 2.45) is 5.92 Å². The second kappa shape index (κ2) is 10.2. The van der Waals surface area contributed by atoms with Crippen LogP contribution in [0, 0.1) is 19.8 Å². The first-order chi connectivity index (χ1) is 17.0. The van der Waals surface area contributed by atoms with E-state index in [1.807, 2.05) is 67.5 Å². The van der Waals surface area contributed by atoms with Gasteiger partial charge in [-0.2, -0.15) is 0 Å². The first kappa shape index (κ1) is 22.9. The van der Waals surface area contributed by atoms with Crippen molar-refractivity contribution >= 4 is 28.3 Å². The summed E-state index contributed by atoms with van der Waals surface area (Å²) < 4.78 is 5.87. The van der Waals surface area contributed by atoms with Gasteiger partial charge in [-0.1, -0.05) is 18.2 Å². The molecule has 35 heavy (non-hydrogen) atoms. The molecule has 0 bridgehead atoms. The zero-order chi connectivity index (χ0) is 24.2. The Kier molecular flexibility index (Phi) is 6.68. The first-order valence-corrected chi connectivity index (χ1v) is 11.9. The molecular weight excluding hydrogens is 438 g/mol. The number of rotatable bonds is 5. The molecular formula is C28H29N5O2. The number of anilines is 2. The van der Waals surface area contributed by atoms with Gasteiger partial charge in [-0.25, -0.2) is 9.97 Å². The van der Waals surface area contributed by atoms with E-state index in [4.69, 9.17) is 4.74 Å². The zero-order valence-corrected chi connectivity index (χ0v) is 20.1. The lowest BCUT2D eigenvalue weighted by Crippen LogP contribution is -2.36. The molecule has 4 aromatic rings. The lowest BCUT2D eigenvalue weighted by Gasteiger charge is -2.24. The fraction of sp³-hybridized carbons (Fsp3) is 0.286. The number of hydrogen-bond acceptors (Lipinski definition) is 6.